The van der Waals surface area contributed by atoms with Crippen LogP contribution in [0.25, 0.3) is 0 Å². The lowest BCUT2D eigenvalue weighted by Crippen LogP contribution is -2.60. The summed E-state index contributed by atoms with van der Waals surface area (Å²) in [7, 11) is 0. The van der Waals surface area contributed by atoms with Gasteiger partial charge in [0.05, 0.1) is 12.1 Å². The number of piperazine rings is 1. The third kappa shape index (κ3) is 2.50. The summed E-state index contributed by atoms with van der Waals surface area (Å²) in [5.74, 6) is 0.638. The summed E-state index contributed by atoms with van der Waals surface area (Å²) in [5, 5.41) is 2.92. The van der Waals surface area contributed by atoms with Crippen molar-refractivity contribution in [3.05, 3.63) is 29.8 Å². The van der Waals surface area contributed by atoms with E-state index in [-0.39, 0.29) is 11.4 Å². The van der Waals surface area contributed by atoms with Crippen LogP contribution in [0, 0.1) is 0 Å². The van der Waals surface area contributed by atoms with Crippen molar-refractivity contribution in [3.63, 3.8) is 0 Å². The minimum atomic E-state index is -0.0345. The highest BCUT2D eigenvalue weighted by molar-refractivity contribution is 5.83. The summed E-state index contributed by atoms with van der Waals surface area (Å²) < 4.78 is 0. The van der Waals surface area contributed by atoms with Crippen molar-refractivity contribution in [1.29, 1.82) is 0 Å². The van der Waals surface area contributed by atoms with Gasteiger partial charge in [0.1, 0.15) is 0 Å². The molecule has 0 aliphatic carbocycles. The summed E-state index contributed by atoms with van der Waals surface area (Å²) in [5.41, 5.74) is 2.42. The molecular weight excluding hydrogens is 224 g/mol. The molecular formula is C15H22N2O. The maximum Gasteiger partial charge on any atom is 0.239 e. The number of benzene rings is 1. The minimum Gasteiger partial charge on any atom is -0.355 e. The number of nitrogens with one attached hydrogen (secondary N) is 1. The molecule has 0 bridgehead atoms. The molecule has 0 aromatic heterocycles. The fraction of sp³-hybridized carbons (Fsp3) is 0.533. The molecule has 98 valence electrons. The van der Waals surface area contributed by atoms with Crippen LogP contribution < -0.4 is 10.2 Å². The first-order valence-corrected chi connectivity index (χ1v) is 6.54. The van der Waals surface area contributed by atoms with E-state index >= 15 is 0 Å². The summed E-state index contributed by atoms with van der Waals surface area (Å²) >= 11 is 0. The fourth-order valence-corrected chi connectivity index (χ4v) is 2.30. The Morgan fingerprint density at radius 3 is 2.39 bits per heavy atom. The number of anilines is 1. The van der Waals surface area contributed by atoms with Crippen LogP contribution in [0.2, 0.25) is 0 Å². The molecule has 0 spiro atoms. The molecule has 1 N–H and O–H groups in total. The first-order chi connectivity index (χ1) is 8.40. The van der Waals surface area contributed by atoms with Crippen LogP contribution in [0.1, 0.15) is 39.2 Å². The second-order valence-corrected chi connectivity index (χ2v) is 5.92. The fourth-order valence-electron chi connectivity index (χ4n) is 2.30. The maximum atomic E-state index is 11.6. The highest BCUT2D eigenvalue weighted by atomic mass is 16.2. The zero-order valence-electron chi connectivity index (χ0n) is 11.7. The summed E-state index contributed by atoms with van der Waals surface area (Å²) in [4.78, 5) is 13.7. The van der Waals surface area contributed by atoms with Crippen LogP contribution in [-0.2, 0) is 4.79 Å². The predicted molar refractivity (Wildman–Crippen MR) is 75.0 cm³/mol. The molecule has 18 heavy (non-hydrogen) atoms. The van der Waals surface area contributed by atoms with Crippen molar-refractivity contribution < 1.29 is 4.79 Å². The van der Waals surface area contributed by atoms with Crippen LogP contribution >= 0.6 is 0 Å². The Balaban J connectivity index is 2.26. The van der Waals surface area contributed by atoms with Gasteiger partial charge in [-0.05, 0) is 37.5 Å². The van der Waals surface area contributed by atoms with Gasteiger partial charge in [0.15, 0.2) is 0 Å². The molecule has 1 heterocycles. The summed E-state index contributed by atoms with van der Waals surface area (Å²) in [6.45, 7) is 9.82. The molecule has 1 aliphatic heterocycles. The summed E-state index contributed by atoms with van der Waals surface area (Å²) in [6, 6.07) is 8.55. The largest absolute Gasteiger partial charge is 0.355 e. The molecule has 1 aromatic carbocycles. The van der Waals surface area contributed by atoms with E-state index in [1.807, 2.05) is 0 Å². The lowest BCUT2D eigenvalue weighted by molar-refractivity contribution is -0.121. The van der Waals surface area contributed by atoms with Gasteiger partial charge >= 0.3 is 0 Å². The number of rotatable bonds is 2. The average Bonchev–Trinajstić information content (AvgIpc) is 2.32. The number of amides is 1. The molecule has 1 aromatic rings. The van der Waals surface area contributed by atoms with Crippen molar-refractivity contribution in [1.82, 2.24) is 5.32 Å². The molecule has 0 saturated carbocycles. The third-order valence-electron chi connectivity index (χ3n) is 3.62. The molecule has 2 rings (SSSR count). The highest BCUT2D eigenvalue weighted by Gasteiger charge is 2.33. The molecule has 0 radical (unpaired) electrons. The first-order valence-electron chi connectivity index (χ1n) is 6.54. The first kappa shape index (κ1) is 12.9. The normalized spacial score (nSPS) is 18.9. The Bertz CT molecular complexity index is 434. The smallest absolute Gasteiger partial charge is 0.239 e. The van der Waals surface area contributed by atoms with Gasteiger partial charge < -0.3 is 10.2 Å². The third-order valence-corrected chi connectivity index (χ3v) is 3.62. The number of hydrogen-bond acceptors (Lipinski definition) is 2. The van der Waals surface area contributed by atoms with Crippen molar-refractivity contribution in [3.8, 4) is 0 Å². The predicted octanol–water partition coefficient (Wildman–Crippen LogP) is 2.52. The van der Waals surface area contributed by atoms with E-state index in [9.17, 15) is 4.79 Å². The maximum absolute atomic E-state index is 11.6. The van der Waals surface area contributed by atoms with Crippen molar-refractivity contribution >= 4 is 11.6 Å². The van der Waals surface area contributed by atoms with Gasteiger partial charge in [-0.25, -0.2) is 0 Å². The van der Waals surface area contributed by atoms with E-state index in [1.165, 1.54) is 5.56 Å². The number of hydrogen-bond donors (Lipinski definition) is 1. The summed E-state index contributed by atoms with van der Waals surface area (Å²) in [6.07, 6.45) is 0. The standard InChI is InChI=1S/C15H22N2O/c1-11(2)12-5-7-13(8-6-12)17-9-14(18)16-10-15(17,3)4/h5-8,11H,9-10H2,1-4H3,(H,16,18). The van der Waals surface area contributed by atoms with Gasteiger partial charge in [-0.2, -0.15) is 0 Å². The highest BCUT2D eigenvalue weighted by Crippen LogP contribution is 2.27. The van der Waals surface area contributed by atoms with Gasteiger partial charge in [-0.1, -0.05) is 26.0 Å². The lowest BCUT2D eigenvalue weighted by atomic mass is 9.97. The van der Waals surface area contributed by atoms with Crippen LogP contribution in [0.4, 0.5) is 5.69 Å². The molecule has 1 aliphatic rings. The molecule has 1 amide bonds. The average molecular weight is 246 g/mol. The van der Waals surface area contributed by atoms with Crippen LogP contribution in [0.3, 0.4) is 0 Å². The molecule has 0 atom stereocenters. The Morgan fingerprint density at radius 2 is 1.83 bits per heavy atom. The van der Waals surface area contributed by atoms with Gasteiger partial charge in [0.25, 0.3) is 0 Å². The van der Waals surface area contributed by atoms with Crippen LogP contribution in [0.5, 0.6) is 0 Å². The topological polar surface area (TPSA) is 32.3 Å². The van der Waals surface area contributed by atoms with Crippen molar-refractivity contribution in [2.75, 3.05) is 18.0 Å². The molecule has 1 fully saturated rings. The second kappa shape index (κ2) is 4.63. The van der Waals surface area contributed by atoms with Gasteiger partial charge in [0, 0.05) is 12.2 Å². The van der Waals surface area contributed by atoms with E-state index in [0.717, 1.165) is 5.69 Å². The molecule has 0 unspecified atom stereocenters. The Hall–Kier alpha value is -1.51. The SMILES string of the molecule is CC(C)c1ccc(N2CC(=O)NCC2(C)C)cc1. The van der Waals surface area contributed by atoms with Crippen LogP contribution in [-0.4, -0.2) is 24.5 Å². The molecule has 3 nitrogen and oxygen atoms in total. The second-order valence-electron chi connectivity index (χ2n) is 5.92. The minimum absolute atomic E-state index is 0.0345. The van der Waals surface area contributed by atoms with Gasteiger partial charge in [-0.15, -0.1) is 0 Å². The van der Waals surface area contributed by atoms with Crippen molar-refractivity contribution in [2.24, 2.45) is 0 Å². The Morgan fingerprint density at radius 1 is 1.22 bits per heavy atom. The Kier molecular flexibility index (Phi) is 3.33. The van der Waals surface area contributed by atoms with Crippen molar-refractivity contribution in [2.45, 2.75) is 39.2 Å². The van der Waals surface area contributed by atoms with Gasteiger partial charge in [-0.3, -0.25) is 4.79 Å². The molecule has 1 saturated heterocycles. The van der Waals surface area contributed by atoms with E-state index in [4.69, 9.17) is 0 Å². The van der Waals surface area contributed by atoms with E-state index in [0.29, 0.717) is 19.0 Å². The van der Waals surface area contributed by atoms with E-state index in [1.54, 1.807) is 0 Å². The monoisotopic (exact) mass is 246 g/mol. The van der Waals surface area contributed by atoms with E-state index in [2.05, 4.69) is 62.2 Å². The number of nitrogens with zero attached hydrogens (tertiary/aromatic N) is 1. The number of carbonyl (C=O) groups is 1. The Labute approximate surface area is 109 Å². The van der Waals surface area contributed by atoms with Crippen LogP contribution in [0.15, 0.2) is 24.3 Å². The quantitative estimate of drug-likeness (QED) is 0.869. The number of carbonyl (C=O) groups excluding carboxylic acids is 1. The zero-order chi connectivity index (χ0) is 13.3. The lowest BCUT2D eigenvalue weighted by Gasteiger charge is -2.43. The molecule has 3 heteroatoms. The van der Waals surface area contributed by atoms with Gasteiger partial charge in [0.2, 0.25) is 5.91 Å². The zero-order valence-corrected chi connectivity index (χ0v) is 11.7. The van der Waals surface area contributed by atoms with E-state index < -0.39 is 0 Å².